The first-order valence-electron chi connectivity index (χ1n) is 11.4. The van der Waals surface area contributed by atoms with Gasteiger partial charge in [-0.2, -0.15) is 11.8 Å². The molecule has 0 saturated carbocycles. The lowest BCUT2D eigenvalue weighted by molar-refractivity contribution is -0.392. The van der Waals surface area contributed by atoms with Crippen LogP contribution in [0.1, 0.15) is 29.9 Å². The fourth-order valence-electron chi connectivity index (χ4n) is 3.62. The average molecular weight is 529 g/mol. The molecule has 0 bridgehead atoms. The van der Waals surface area contributed by atoms with Gasteiger partial charge in [0, 0.05) is 29.5 Å². The molecule has 0 amide bonds. The van der Waals surface area contributed by atoms with Crippen molar-refractivity contribution in [1.82, 2.24) is 24.5 Å². The molecule has 1 N–H and O–H groups in total. The molecule has 11 heteroatoms. The van der Waals surface area contributed by atoms with Crippen LogP contribution in [0.2, 0.25) is 0 Å². The number of aryl methyl sites for hydroxylation is 1. The highest BCUT2D eigenvalue weighted by molar-refractivity contribution is 7.99. The molecule has 1 aromatic carbocycles. The Morgan fingerprint density at radius 3 is 2.71 bits per heavy atom. The van der Waals surface area contributed by atoms with E-state index in [0.717, 1.165) is 57.7 Å². The van der Waals surface area contributed by atoms with Crippen LogP contribution in [0.25, 0.3) is 11.0 Å². The number of H-pyrrole nitrogens is 1. The number of rotatable bonds is 13. The van der Waals surface area contributed by atoms with Crippen LogP contribution in [0.3, 0.4) is 0 Å². The third-order valence-electron chi connectivity index (χ3n) is 5.59. The lowest BCUT2D eigenvalue weighted by Crippen LogP contribution is -2.07. The van der Waals surface area contributed by atoms with E-state index in [1.165, 1.54) is 16.7 Å². The zero-order valence-electron chi connectivity index (χ0n) is 19.8. The first-order valence-corrected chi connectivity index (χ1v) is 14.5. The van der Waals surface area contributed by atoms with Gasteiger partial charge >= 0.3 is 5.82 Å². The molecule has 0 radical (unpaired) electrons. The van der Waals surface area contributed by atoms with Crippen LogP contribution < -0.4 is 0 Å². The van der Waals surface area contributed by atoms with Crippen molar-refractivity contribution in [2.24, 2.45) is 0 Å². The zero-order valence-corrected chi connectivity index (χ0v) is 22.2. The van der Waals surface area contributed by atoms with E-state index < -0.39 is 0 Å². The van der Waals surface area contributed by atoms with E-state index in [1.54, 1.807) is 23.3 Å². The molecule has 0 aliphatic heterocycles. The van der Waals surface area contributed by atoms with Crippen LogP contribution in [0.5, 0.6) is 0 Å². The van der Waals surface area contributed by atoms with Crippen molar-refractivity contribution >= 4 is 52.1 Å². The van der Waals surface area contributed by atoms with Crippen molar-refractivity contribution in [3.8, 4) is 0 Å². The summed E-state index contributed by atoms with van der Waals surface area (Å²) in [4.78, 5) is 28.6. The fraction of sp³-hybridized carbons (Fsp3) is 0.375. The van der Waals surface area contributed by atoms with E-state index in [2.05, 4.69) is 32.9 Å². The number of fused-ring (bicyclic) bond motifs is 1. The lowest BCUT2D eigenvalue weighted by Gasteiger charge is -2.09. The third kappa shape index (κ3) is 6.80. The molecule has 0 aliphatic rings. The van der Waals surface area contributed by atoms with Crippen LogP contribution >= 0.6 is 35.3 Å². The fourth-order valence-corrected chi connectivity index (χ4v) is 6.51. The SMILES string of the molecule is Cc1c(SCCCCSCCn2c([N+](=O)[O-])cnc2C)ccnc1CSc1nc2ccccc2[nH]1. The van der Waals surface area contributed by atoms with Crippen LogP contribution in [0, 0.1) is 24.0 Å². The maximum absolute atomic E-state index is 11.1. The molecule has 0 fully saturated rings. The van der Waals surface area contributed by atoms with Crippen molar-refractivity contribution < 1.29 is 4.92 Å². The number of unbranched alkanes of at least 4 members (excludes halogenated alkanes) is 1. The number of hydrogen-bond acceptors (Lipinski definition) is 8. The summed E-state index contributed by atoms with van der Waals surface area (Å²) < 4.78 is 1.68. The number of aromatic nitrogens is 5. The largest absolute Gasteiger partial charge is 0.358 e. The summed E-state index contributed by atoms with van der Waals surface area (Å²) in [6.45, 7) is 4.57. The predicted octanol–water partition coefficient (Wildman–Crippen LogP) is 6.28. The second kappa shape index (κ2) is 12.5. The molecule has 4 aromatic rings. The van der Waals surface area contributed by atoms with E-state index >= 15 is 0 Å². The van der Waals surface area contributed by atoms with Gasteiger partial charge in [-0.3, -0.25) is 4.98 Å². The minimum Gasteiger partial charge on any atom is -0.358 e. The Labute approximate surface area is 217 Å². The van der Waals surface area contributed by atoms with E-state index in [0.29, 0.717) is 12.4 Å². The number of imidazole rings is 2. The number of hydrogen-bond donors (Lipinski definition) is 1. The minimum absolute atomic E-state index is 0.0718. The second-order valence-electron chi connectivity index (χ2n) is 7.97. The Bertz CT molecular complexity index is 1260. The lowest BCUT2D eigenvalue weighted by atomic mass is 10.2. The van der Waals surface area contributed by atoms with Crippen molar-refractivity contribution in [1.29, 1.82) is 0 Å². The molecule has 0 saturated heterocycles. The van der Waals surface area contributed by atoms with Gasteiger partial charge in [0.05, 0.1) is 16.7 Å². The minimum atomic E-state index is -0.369. The quantitative estimate of drug-likeness (QED) is 0.0936. The number of benzene rings is 1. The van der Waals surface area contributed by atoms with Gasteiger partial charge in [0.25, 0.3) is 0 Å². The Morgan fingerprint density at radius 1 is 1.06 bits per heavy atom. The monoisotopic (exact) mass is 528 g/mol. The zero-order chi connectivity index (χ0) is 24.6. The van der Waals surface area contributed by atoms with Gasteiger partial charge in [-0.1, -0.05) is 23.9 Å². The van der Waals surface area contributed by atoms with Crippen molar-refractivity contribution in [2.75, 3.05) is 17.3 Å². The van der Waals surface area contributed by atoms with Gasteiger partial charge < -0.3 is 15.1 Å². The molecule has 3 aromatic heterocycles. The number of thioether (sulfide) groups is 3. The highest BCUT2D eigenvalue weighted by Crippen LogP contribution is 2.29. The molecular weight excluding hydrogens is 501 g/mol. The number of nitrogens with one attached hydrogen (secondary N) is 1. The summed E-state index contributed by atoms with van der Waals surface area (Å²) in [5, 5.41) is 12.0. The number of aromatic amines is 1. The van der Waals surface area contributed by atoms with Gasteiger partial charge in [-0.15, -0.1) is 11.8 Å². The standard InChI is InChI=1S/C24H28N6O2S3/c1-17-21(16-35-24-27-19-7-3-4-8-20(19)28-24)25-10-9-22(17)34-13-6-5-12-33-14-11-29-18(2)26-15-23(29)30(31)32/h3-4,7-10,15H,5-6,11-14,16H2,1-2H3,(H,27,28). The summed E-state index contributed by atoms with van der Waals surface area (Å²) in [7, 11) is 0. The normalized spacial score (nSPS) is 11.4. The summed E-state index contributed by atoms with van der Waals surface area (Å²) in [5.74, 6) is 4.51. The Balaban J connectivity index is 1.16. The highest BCUT2D eigenvalue weighted by atomic mass is 32.2. The summed E-state index contributed by atoms with van der Waals surface area (Å²) in [5.41, 5.74) is 4.38. The predicted molar refractivity (Wildman–Crippen MR) is 146 cm³/mol. The number of para-hydroxylation sites is 2. The third-order valence-corrected chi connectivity index (χ3v) is 8.77. The van der Waals surface area contributed by atoms with Gasteiger partial charge in [-0.05, 0) is 60.0 Å². The van der Waals surface area contributed by atoms with Crippen molar-refractivity contribution in [2.45, 2.75) is 49.0 Å². The molecule has 0 atom stereocenters. The maximum atomic E-state index is 11.1. The molecule has 4 rings (SSSR count). The van der Waals surface area contributed by atoms with Crippen molar-refractivity contribution in [3.05, 3.63) is 69.9 Å². The summed E-state index contributed by atoms with van der Waals surface area (Å²) in [6, 6.07) is 10.2. The second-order valence-corrected chi connectivity index (χ2v) is 11.3. The number of nitro groups is 1. The molecule has 8 nitrogen and oxygen atoms in total. The van der Waals surface area contributed by atoms with Gasteiger partial charge in [0.15, 0.2) is 11.0 Å². The Kier molecular flexibility index (Phi) is 9.11. The van der Waals surface area contributed by atoms with E-state index in [9.17, 15) is 10.1 Å². The summed E-state index contributed by atoms with van der Waals surface area (Å²) in [6.07, 6.45) is 5.49. The van der Waals surface area contributed by atoms with Crippen LogP contribution in [-0.2, 0) is 12.3 Å². The Hall–Kier alpha value is -2.50. The first-order chi connectivity index (χ1) is 17.0. The number of pyridine rings is 1. The smallest absolute Gasteiger partial charge is 0.342 e. The van der Waals surface area contributed by atoms with Gasteiger partial charge in [-0.25, -0.2) is 14.5 Å². The van der Waals surface area contributed by atoms with E-state index in [1.807, 2.05) is 54.0 Å². The molecule has 184 valence electrons. The number of nitrogens with zero attached hydrogens (tertiary/aromatic N) is 5. The van der Waals surface area contributed by atoms with Gasteiger partial charge in [0.1, 0.15) is 12.7 Å². The average Bonchev–Trinajstić information content (AvgIpc) is 3.44. The van der Waals surface area contributed by atoms with Crippen LogP contribution in [0.15, 0.2) is 52.8 Å². The van der Waals surface area contributed by atoms with Crippen LogP contribution in [0.4, 0.5) is 5.82 Å². The first kappa shape index (κ1) is 25.6. The molecule has 0 aliphatic carbocycles. The summed E-state index contributed by atoms with van der Waals surface area (Å²) >= 11 is 5.40. The van der Waals surface area contributed by atoms with E-state index in [-0.39, 0.29) is 10.7 Å². The Morgan fingerprint density at radius 2 is 1.89 bits per heavy atom. The molecule has 0 spiro atoms. The molecule has 35 heavy (non-hydrogen) atoms. The van der Waals surface area contributed by atoms with Crippen molar-refractivity contribution in [3.63, 3.8) is 0 Å². The van der Waals surface area contributed by atoms with E-state index in [4.69, 9.17) is 0 Å². The molecule has 3 heterocycles. The maximum Gasteiger partial charge on any atom is 0.342 e. The topological polar surface area (TPSA) is 103 Å². The van der Waals surface area contributed by atoms with Gasteiger partial charge in [0.2, 0.25) is 0 Å². The highest BCUT2D eigenvalue weighted by Gasteiger charge is 2.16. The van der Waals surface area contributed by atoms with Crippen LogP contribution in [-0.4, -0.2) is 46.7 Å². The molecular formula is C24H28N6O2S3. The molecule has 0 unspecified atom stereocenters.